The minimum absolute atomic E-state index is 0.0441. The second-order valence-electron chi connectivity index (χ2n) is 5.26. The molecular formula is C17H19NO4S. The number of nitrogens with zero attached hydrogens (tertiary/aromatic N) is 1. The Bertz CT molecular complexity index is 770. The third-order valence-corrected chi connectivity index (χ3v) is 5.08. The highest BCUT2D eigenvalue weighted by Gasteiger charge is 2.17. The zero-order chi connectivity index (χ0) is 16.9. The average molecular weight is 333 g/mol. The first-order chi connectivity index (χ1) is 10.9. The van der Waals surface area contributed by atoms with Crippen LogP contribution in [0.3, 0.4) is 0 Å². The van der Waals surface area contributed by atoms with Crippen molar-refractivity contribution in [2.24, 2.45) is 0 Å². The molecule has 0 amide bonds. The van der Waals surface area contributed by atoms with Gasteiger partial charge in [0.15, 0.2) is 0 Å². The molecule has 0 aromatic heterocycles. The van der Waals surface area contributed by atoms with Crippen molar-refractivity contribution in [2.75, 3.05) is 14.1 Å². The van der Waals surface area contributed by atoms with Crippen LogP contribution in [0.5, 0.6) is 0 Å². The molecule has 0 radical (unpaired) electrons. The number of benzene rings is 2. The summed E-state index contributed by atoms with van der Waals surface area (Å²) in [6, 6.07) is 15.7. The molecule has 23 heavy (non-hydrogen) atoms. The lowest BCUT2D eigenvalue weighted by atomic mass is 10.1. The summed E-state index contributed by atoms with van der Waals surface area (Å²) >= 11 is 0. The molecule has 0 unspecified atom stereocenters. The topological polar surface area (TPSA) is 63.7 Å². The Hall–Kier alpha value is -2.18. The summed E-state index contributed by atoms with van der Waals surface area (Å²) in [6.45, 7) is 0.0441. The maximum absolute atomic E-state index is 12.1. The number of sulfonamides is 1. The highest BCUT2D eigenvalue weighted by Crippen LogP contribution is 2.15. The van der Waals surface area contributed by atoms with Gasteiger partial charge in [0.2, 0.25) is 10.0 Å². The van der Waals surface area contributed by atoms with Crippen LogP contribution in [-0.2, 0) is 32.6 Å². The molecule has 0 atom stereocenters. The Morgan fingerprint density at radius 3 is 2.30 bits per heavy atom. The van der Waals surface area contributed by atoms with E-state index in [9.17, 15) is 13.2 Å². The second-order valence-corrected chi connectivity index (χ2v) is 7.41. The molecule has 2 aromatic carbocycles. The van der Waals surface area contributed by atoms with E-state index in [0.29, 0.717) is 5.56 Å². The van der Waals surface area contributed by atoms with Gasteiger partial charge in [-0.1, -0.05) is 42.5 Å². The Balaban J connectivity index is 2.00. The first-order valence-electron chi connectivity index (χ1n) is 7.10. The van der Waals surface area contributed by atoms with E-state index < -0.39 is 10.0 Å². The highest BCUT2D eigenvalue weighted by atomic mass is 32.2. The largest absolute Gasteiger partial charge is 0.461 e. The van der Waals surface area contributed by atoms with Crippen molar-refractivity contribution in [3.63, 3.8) is 0 Å². The van der Waals surface area contributed by atoms with E-state index in [2.05, 4.69) is 0 Å². The van der Waals surface area contributed by atoms with Crippen molar-refractivity contribution in [3.05, 3.63) is 65.7 Å². The van der Waals surface area contributed by atoms with Crippen molar-refractivity contribution in [2.45, 2.75) is 17.9 Å². The van der Waals surface area contributed by atoms with Gasteiger partial charge in [0.25, 0.3) is 0 Å². The maximum atomic E-state index is 12.1. The Labute approximate surface area is 136 Å². The van der Waals surface area contributed by atoms with E-state index >= 15 is 0 Å². The van der Waals surface area contributed by atoms with E-state index in [0.717, 1.165) is 9.87 Å². The molecule has 5 nitrogen and oxygen atoms in total. The third-order valence-electron chi connectivity index (χ3n) is 3.27. The van der Waals surface area contributed by atoms with Crippen molar-refractivity contribution in [1.82, 2.24) is 4.31 Å². The molecule has 0 saturated heterocycles. The van der Waals surface area contributed by atoms with Crippen molar-refractivity contribution in [3.8, 4) is 0 Å². The first kappa shape index (κ1) is 17.2. The van der Waals surface area contributed by atoms with Crippen molar-refractivity contribution >= 4 is 16.0 Å². The van der Waals surface area contributed by atoms with Crippen molar-refractivity contribution < 1.29 is 17.9 Å². The van der Waals surface area contributed by atoms with Crippen LogP contribution in [0.1, 0.15) is 11.1 Å². The summed E-state index contributed by atoms with van der Waals surface area (Å²) in [5, 5.41) is 0. The summed E-state index contributed by atoms with van der Waals surface area (Å²) in [6.07, 6.45) is 0.191. The summed E-state index contributed by atoms with van der Waals surface area (Å²) < 4.78 is 30.5. The molecule has 122 valence electrons. The summed E-state index contributed by atoms with van der Waals surface area (Å²) in [5.41, 5.74) is 1.51. The number of carbonyl (C=O) groups is 1. The van der Waals surface area contributed by atoms with E-state index in [1.165, 1.54) is 26.2 Å². The minimum Gasteiger partial charge on any atom is -0.461 e. The van der Waals surface area contributed by atoms with Gasteiger partial charge in [0.05, 0.1) is 11.3 Å². The van der Waals surface area contributed by atoms with Crippen LogP contribution in [0, 0.1) is 0 Å². The Kier molecular flexibility index (Phi) is 5.52. The fourth-order valence-electron chi connectivity index (χ4n) is 1.98. The fourth-order valence-corrected chi connectivity index (χ4v) is 2.96. The third kappa shape index (κ3) is 4.64. The number of ether oxygens (including phenoxy) is 1. The summed E-state index contributed by atoms with van der Waals surface area (Å²) in [7, 11) is -0.545. The summed E-state index contributed by atoms with van der Waals surface area (Å²) in [5.74, 6) is -0.350. The van der Waals surface area contributed by atoms with Crippen LogP contribution < -0.4 is 0 Å². The van der Waals surface area contributed by atoms with Gasteiger partial charge < -0.3 is 4.74 Å². The zero-order valence-electron chi connectivity index (χ0n) is 13.1. The van der Waals surface area contributed by atoms with Gasteiger partial charge in [-0.15, -0.1) is 0 Å². The first-order valence-corrected chi connectivity index (χ1v) is 8.54. The Morgan fingerprint density at radius 2 is 1.65 bits per heavy atom. The summed E-state index contributed by atoms with van der Waals surface area (Å²) in [4.78, 5) is 12.0. The monoisotopic (exact) mass is 333 g/mol. The molecule has 2 rings (SSSR count). The molecule has 0 aliphatic rings. The lowest BCUT2D eigenvalue weighted by molar-refractivity contribution is -0.144. The van der Waals surface area contributed by atoms with Crippen LogP contribution in [0.4, 0.5) is 0 Å². The van der Waals surface area contributed by atoms with Gasteiger partial charge in [-0.3, -0.25) is 4.79 Å². The molecule has 0 aliphatic heterocycles. The quantitative estimate of drug-likeness (QED) is 0.761. The lowest BCUT2D eigenvalue weighted by Crippen LogP contribution is -2.22. The van der Waals surface area contributed by atoms with Gasteiger partial charge in [-0.05, 0) is 23.3 Å². The van der Waals surface area contributed by atoms with E-state index in [4.69, 9.17) is 4.74 Å². The van der Waals surface area contributed by atoms with E-state index in [-0.39, 0.29) is 23.9 Å². The molecule has 0 fully saturated rings. The van der Waals surface area contributed by atoms with Crippen molar-refractivity contribution in [1.29, 1.82) is 0 Å². The van der Waals surface area contributed by atoms with Gasteiger partial charge in [0, 0.05) is 14.1 Å². The standard InChI is InChI=1S/C17H19NO4S/c1-18(2)23(20,21)16-10-6-9-15(11-16)13-22-17(19)12-14-7-4-3-5-8-14/h3-11H,12-13H2,1-2H3. The molecule has 0 N–H and O–H groups in total. The molecule has 0 saturated carbocycles. The predicted octanol–water partition coefficient (Wildman–Crippen LogP) is 2.22. The van der Waals surface area contributed by atoms with Gasteiger partial charge in [-0.2, -0.15) is 0 Å². The number of hydrogen-bond donors (Lipinski definition) is 0. The number of rotatable bonds is 6. The van der Waals surface area contributed by atoms with Crippen LogP contribution in [-0.4, -0.2) is 32.8 Å². The fraction of sp³-hybridized carbons (Fsp3) is 0.235. The normalized spacial score (nSPS) is 11.4. The Morgan fingerprint density at radius 1 is 1.00 bits per heavy atom. The smallest absolute Gasteiger partial charge is 0.310 e. The van der Waals surface area contributed by atoms with E-state index in [1.54, 1.807) is 12.1 Å². The van der Waals surface area contributed by atoms with Crippen LogP contribution in [0.2, 0.25) is 0 Å². The van der Waals surface area contributed by atoms with Gasteiger partial charge >= 0.3 is 5.97 Å². The molecule has 0 bridgehead atoms. The average Bonchev–Trinajstić information content (AvgIpc) is 2.54. The zero-order valence-corrected chi connectivity index (χ0v) is 13.9. The number of carbonyl (C=O) groups excluding carboxylic acids is 1. The van der Waals surface area contributed by atoms with Gasteiger partial charge in [0.1, 0.15) is 6.61 Å². The lowest BCUT2D eigenvalue weighted by Gasteiger charge is -2.12. The molecule has 0 spiro atoms. The molecule has 0 heterocycles. The highest BCUT2D eigenvalue weighted by molar-refractivity contribution is 7.89. The van der Waals surface area contributed by atoms with Crippen LogP contribution in [0.15, 0.2) is 59.5 Å². The second kappa shape index (κ2) is 7.39. The van der Waals surface area contributed by atoms with E-state index in [1.807, 2.05) is 30.3 Å². The van der Waals surface area contributed by atoms with Gasteiger partial charge in [-0.25, -0.2) is 12.7 Å². The molecular weight excluding hydrogens is 314 g/mol. The SMILES string of the molecule is CN(C)S(=O)(=O)c1cccc(COC(=O)Cc2ccccc2)c1. The number of esters is 1. The minimum atomic E-state index is -3.49. The maximum Gasteiger partial charge on any atom is 0.310 e. The predicted molar refractivity (Wildman–Crippen MR) is 87.3 cm³/mol. The van der Waals surface area contributed by atoms with Crippen LogP contribution >= 0.6 is 0 Å². The number of hydrogen-bond acceptors (Lipinski definition) is 4. The van der Waals surface area contributed by atoms with Crippen LogP contribution in [0.25, 0.3) is 0 Å². The molecule has 6 heteroatoms. The molecule has 0 aliphatic carbocycles. The molecule has 2 aromatic rings.